The predicted octanol–water partition coefficient (Wildman–Crippen LogP) is 3.92. The molecule has 2 aromatic carbocycles. The summed E-state index contributed by atoms with van der Waals surface area (Å²) in [6.45, 7) is 3.64. The number of aryl methyl sites for hydroxylation is 2. The van der Waals surface area contributed by atoms with Crippen molar-refractivity contribution in [2.45, 2.75) is 18.7 Å². The smallest absolute Gasteiger partial charge is 0.200 e. The van der Waals surface area contributed by atoms with Crippen molar-refractivity contribution in [2.24, 2.45) is 5.10 Å². The summed E-state index contributed by atoms with van der Waals surface area (Å²) in [5.41, 5.74) is 2.30. The van der Waals surface area contributed by atoms with E-state index >= 15 is 0 Å². The molecular formula is C15H14Cl2N2O2S. The molecule has 0 atom stereocenters. The highest BCUT2D eigenvalue weighted by molar-refractivity contribution is 7.89. The van der Waals surface area contributed by atoms with Gasteiger partial charge in [-0.3, -0.25) is 0 Å². The lowest BCUT2D eigenvalue weighted by atomic mass is 10.2. The molecule has 0 amide bonds. The fraction of sp³-hybridized carbons (Fsp3) is 0.133. The summed E-state index contributed by atoms with van der Waals surface area (Å²) < 4.78 is 24.4. The number of sulfonamides is 1. The van der Waals surface area contributed by atoms with Gasteiger partial charge in [0.05, 0.1) is 21.2 Å². The van der Waals surface area contributed by atoms with Gasteiger partial charge in [0, 0.05) is 0 Å². The van der Waals surface area contributed by atoms with Crippen molar-refractivity contribution in [3.8, 4) is 0 Å². The molecule has 0 aliphatic rings. The summed E-state index contributed by atoms with van der Waals surface area (Å²) in [4.78, 5) is 2.38. The van der Waals surface area contributed by atoms with Crippen molar-refractivity contribution < 1.29 is 8.42 Å². The van der Waals surface area contributed by atoms with Crippen molar-refractivity contribution in [3.05, 3.63) is 63.1 Å². The highest BCUT2D eigenvalue weighted by Gasteiger charge is 2.15. The van der Waals surface area contributed by atoms with Gasteiger partial charge in [0.15, 0.2) is 0 Å². The highest BCUT2D eigenvalue weighted by Crippen LogP contribution is 2.22. The van der Waals surface area contributed by atoms with E-state index in [9.17, 15) is 8.42 Å². The summed E-state index contributed by atoms with van der Waals surface area (Å²) in [6.07, 6.45) is 1.36. The van der Waals surface area contributed by atoms with Gasteiger partial charge in [0.25, 0.3) is 10.0 Å². The van der Waals surface area contributed by atoms with Gasteiger partial charge in [-0.05, 0) is 43.2 Å². The van der Waals surface area contributed by atoms with Crippen molar-refractivity contribution in [3.63, 3.8) is 0 Å². The lowest BCUT2D eigenvalue weighted by Crippen LogP contribution is -2.19. The van der Waals surface area contributed by atoms with Crippen molar-refractivity contribution in [1.29, 1.82) is 0 Å². The molecule has 2 aromatic rings. The lowest BCUT2D eigenvalue weighted by Gasteiger charge is -2.07. The first kappa shape index (κ1) is 16.8. The Balaban J connectivity index is 2.18. The average molecular weight is 357 g/mol. The van der Waals surface area contributed by atoms with Crippen LogP contribution in [-0.4, -0.2) is 14.6 Å². The summed E-state index contributed by atoms with van der Waals surface area (Å²) in [5.74, 6) is 0. The third kappa shape index (κ3) is 4.00. The number of rotatable bonds is 4. The summed E-state index contributed by atoms with van der Waals surface area (Å²) in [6, 6.07) is 10.00. The van der Waals surface area contributed by atoms with Crippen LogP contribution in [-0.2, 0) is 10.0 Å². The van der Waals surface area contributed by atoms with Crippen molar-refractivity contribution in [1.82, 2.24) is 4.83 Å². The van der Waals surface area contributed by atoms with Crippen LogP contribution in [0.5, 0.6) is 0 Å². The summed E-state index contributed by atoms with van der Waals surface area (Å²) in [7, 11) is -3.70. The number of hydrogen-bond acceptors (Lipinski definition) is 3. The first-order chi connectivity index (χ1) is 10.3. The lowest BCUT2D eigenvalue weighted by molar-refractivity contribution is 0.584. The minimum atomic E-state index is -3.70. The van der Waals surface area contributed by atoms with Crippen LogP contribution in [0, 0.1) is 13.8 Å². The first-order valence-electron chi connectivity index (χ1n) is 6.37. The summed E-state index contributed by atoms with van der Waals surface area (Å²) in [5, 5.41) is 4.56. The molecule has 22 heavy (non-hydrogen) atoms. The predicted molar refractivity (Wildman–Crippen MR) is 90.3 cm³/mol. The van der Waals surface area contributed by atoms with Gasteiger partial charge in [-0.15, -0.1) is 0 Å². The maximum absolute atomic E-state index is 12.2. The van der Waals surface area contributed by atoms with Crippen LogP contribution in [0.1, 0.15) is 16.7 Å². The molecule has 2 rings (SSSR count). The minimum Gasteiger partial charge on any atom is -0.200 e. The van der Waals surface area contributed by atoms with E-state index in [1.807, 2.05) is 6.92 Å². The van der Waals surface area contributed by atoms with E-state index in [1.54, 1.807) is 43.3 Å². The number of nitrogens with one attached hydrogen (secondary N) is 1. The summed E-state index contributed by atoms with van der Waals surface area (Å²) >= 11 is 11.7. The molecule has 7 heteroatoms. The van der Waals surface area contributed by atoms with Gasteiger partial charge in [-0.25, -0.2) is 4.83 Å². The van der Waals surface area contributed by atoms with E-state index in [2.05, 4.69) is 9.93 Å². The standard InChI is InChI=1S/C15H14Cl2N2O2S/c1-10-3-6-15(11(2)7-10)22(20,21)19-18-9-12-4-5-13(16)14(17)8-12/h3-9,19H,1-2H3/b18-9+. The molecule has 0 unspecified atom stereocenters. The second-order valence-corrected chi connectivity index (χ2v) is 7.24. The van der Waals surface area contributed by atoms with Crippen molar-refractivity contribution >= 4 is 39.4 Å². The van der Waals surface area contributed by atoms with Crippen molar-refractivity contribution in [2.75, 3.05) is 0 Å². The van der Waals surface area contributed by atoms with Crippen LogP contribution >= 0.6 is 23.2 Å². The zero-order valence-corrected chi connectivity index (χ0v) is 14.3. The Bertz CT molecular complexity index is 833. The van der Waals surface area contributed by atoms with Gasteiger partial charge >= 0.3 is 0 Å². The van der Waals surface area contributed by atoms with Crippen LogP contribution in [0.25, 0.3) is 0 Å². The molecule has 0 aromatic heterocycles. The van der Waals surface area contributed by atoms with Gasteiger partial charge in [0.2, 0.25) is 0 Å². The SMILES string of the molecule is Cc1ccc(S(=O)(=O)N/N=C/c2ccc(Cl)c(Cl)c2)c(C)c1. The molecule has 0 bridgehead atoms. The Labute approximate surface area is 139 Å². The Hall–Kier alpha value is -1.56. The van der Waals surface area contributed by atoms with Crippen LogP contribution in [0.3, 0.4) is 0 Å². The molecule has 4 nitrogen and oxygen atoms in total. The monoisotopic (exact) mass is 356 g/mol. The molecule has 0 radical (unpaired) electrons. The van der Waals surface area contributed by atoms with Crippen LogP contribution < -0.4 is 4.83 Å². The normalized spacial score (nSPS) is 11.8. The van der Waals surface area contributed by atoms with E-state index in [-0.39, 0.29) is 4.90 Å². The molecule has 116 valence electrons. The number of hydrogen-bond donors (Lipinski definition) is 1. The van der Waals surface area contributed by atoms with Gasteiger partial charge in [-0.2, -0.15) is 13.5 Å². The Morgan fingerprint density at radius 3 is 2.41 bits per heavy atom. The second-order valence-electron chi connectivity index (χ2n) is 4.80. The molecule has 0 fully saturated rings. The maximum Gasteiger partial charge on any atom is 0.276 e. The van der Waals surface area contributed by atoms with E-state index in [4.69, 9.17) is 23.2 Å². The van der Waals surface area contributed by atoms with E-state index in [1.165, 1.54) is 6.21 Å². The third-order valence-corrected chi connectivity index (χ3v) is 5.07. The molecule has 0 aliphatic heterocycles. The average Bonchev–Trinajstić information content (AvgIpc) is 2.42. The maximum atomic E-state index is 12.2. The fourth-order valence-electron chi connectivity index (χ4n) is 1.91. The minimum absolute atomic E-state index is 0.199. The Kier molecular flexibility index (Phi) is 5.11. The van der Waals surface area contributed by atoms with Crippen LogP contribution in [0.15, 0.2) is 46.4 Å². The highest BCUT2D eigenvalue weighted by atomic mass is 35.5. The topological polar surface area (TPSA) is 58.5 Å². The molecule has 1 N–H and O–H groups in total. The van der Waals surface area contributed by atoms with E-state index < -0.39 is 10.0 Å². The zero-order valence-electron chi connectivity index (χ0n) is 12.0. The number of nitrogens with zero attached hydrogens (tertiary/aromatic N) is 1. The second kappa shape index (κ2) is 6.69. The molecular weight excluding hydrogens is 343 g/mol. The molecule has 0 aliphatic carbocycles. The van der Waals surface area contributed by atoms with Gasteiger partial charge in [0.1, 0.15) is 0 Å². The number of benzene rings is 2. The molecule has 0 saturated heterocycles. The largest absolute Gasteiger partial charge is 0.276 e. The molecule has 0 heterocycles. The third-order valence-electron chi connectivity index (χ3n) is 2.95. The van der Waals surface area contributed by atoms with Gasteiger partial charge < -0.3 is 0 Å². The fourth-order valence-corrected chi connectivity index (χ4v) is 3.24. The zero-order chi connectivity index (χ0) is 16.3. The van der Waals surface area contributed by atoms with E-state index in [0.29, 0.717) is 21.2 Å². The number of hydrazone groups is 1. The van der Waals surface area contributed by atoms with Gasteiger partial charge in [-0.1, -0.05) is 47.0 Å². The first-order valence-corrected chi connectivity index (χ1v) is 8.61. The quantitative estimate of drug-likeness (QED) is 0.666. The van der Waals surface area contributed by atoms with E-state index in [0.717, 1.165) is 5.56 Å². The molecule has 0 spiro atoms. The Morgan fingerprint density at radius 2 is 1.77 bits per heavy atom. The van der Waals surface area contributed by atoms with Crippen LogP contribution in [0.2, 0.25) is 10.0 Å². The molecule has 0 saturated carbocycles. The van der Waals surface area contributed by atoms with Crippen LogP contribution in [0.4, 0.5) is 0 Å². The Morgan fingerprint density at radius 1 is 1.05 bits per heavy atom. The number of halogens is 2.